The number of alkyl halides is 2. The number of amides is 1. The molecule has 0 spiro atoms. The van der Waals surface area contributed by atoms with Crippen molar-refractivity contribution in [1.82, 2.24) is 5.32 Å². The third kappa shape index (κ3) is 3.46. The van der Waals surface area contributed by atoms with Crippen LogP contribution in [-0.2, 0) is 11.3 Å². The van der Waals surface area contributed by atoms with E-state index in [4.69, 9.17) is 5.73 Å². The van der Waals surface area contributed by atoms with E-state index in [9.17, 15) is 13.6 Å². The first-order chi connectivity index (χ1) is 9.39. The predicted octanol–water partition coefficient (Wildman–Crippen LogP) is 3.02. The first-order valence-corrected chi connectivity index (χ1v) is 6.88. The van der Waals surface area contributed by atoms with Crippen LogP contribution in [0.1, 0.15) is 36.8 Å². The summed E-state index contributed by atoms with van der Waals surface area (Å²) >= 11 is 0. The van der Waals surface area contributed by atoms with E-state index in [1.165, 1.54) is 0 Å². The van der Waals surface area contributed by atoms with Gasteiger partial charge < -0.3 is 11.1 Å². The number of carbonyl (C=O) groups is 1. The van der Waals surface area contributed by atoms with Crippen molar-refractivity contribution >= 4 is 11.6 Å². The van der Waals surface area contributed by atoms with Crippen LogP contribution in [0.15, 0.2) is 18.2 Å². The lowest BCUT2D eigenvalue weighted by Crippen LogP contribution is -2.35. The average molecular weight is 282 g/mol. The van der Waals surface area contributed by atoms with Gasteiger partial charge in [0.2, 0.25) is 11.8 Å². The minimum absolute atomic E-state index is 0.137. The molecule has 0 heterocycles. The van der Waals surface area contributed by atoms with E-state index < -0.39 is 5.92 Å². The van der Waals surface area contributed by atoms with Gasteiger partial charge in [-0.1, -0.05) is 12.1 Å². The Morgan fingerprint density at radius 2 is 2.05 bits per heavy atom. The van der Waals surface area contributed by atoms with Gasteiger partial charge in [0, 0.05) is 31.0 Å². The summed E-state index contributed by atoms with van der Waals surface area (Å²) in [7, 11) is 0. The molecular weight excluding hydrogens is 262 g/mol. The highest BCUT2D eigenvalue weighted by Gasteiger charge is 2.37. The Bertz CT molecular complexity index is 493. The molecule has 1 aromatic rings. The summed E-state index contributed by atoms with van der Waals surface area (Å²) in [5, 5.41) is 2.82. The lowest BCUT2D eigenvalue weighted by Gasteiger charge is -2.27. The Balaban J connectivity index is 1.88. The van der Waals surface area contributed by atoms with Crippen LogP contribution in [0.5, 0.6) is 0 Å². The number of nitrogen functional groups attached to an aromatic ring is 1. The van der Waals surface area contributed by atoms with Crippen LogP contribution in [0.3, 0.4) is 0 Å². The Labute approximate surface area is 117 Å². The highest BCUT2D eigenvalue weighted by atomic mass is 19.3. The number of nitrogens with two attached hydrogens (primary N) is 1. The third-order valence-corrected chi connectivity index (χ3v) is 4.03. The van der Waals surface area contributed by atoms with Gasteiger partial charge in [0.1, 0.15) is 0 Å². The molecule has 0 radical (unpaired) electrons. The molecule has 1 aliphatic carbocycles. The molecule has 1 fully saturated rings. The summed E-state index contributed by atoms with van der Waals surface area (Å²) in [5.74, 6) is -3.03. The maximum absolute atomic E-state index is 13.0. The number of nitrogens with one attached hydrogen (secondary N) is 1. The summed E-state index contributed by atoms with van der Waals surface area (Å²) in [4.78, 5) is 12.0. The molecule has 3 N–H and O–H groups in total. The number of hydrogen-bond donors (Lipinski definition) is 2. The van der Waals surface area contributed by atoms with E-state index in [0.717, 1.165) is 11.1 Å². The number of anilines is 1. The molecule has 1 saturated carbocycles. The monoisotopic (exact) mass is 282 g/mol. The largest absolute Gasteiger partial charge is 0.399 e. The standard InChI is InChI=1S/C15H20F2N2O/c1-10-12(3-2-4-13(10)18)9-19-14(20)11-5-7-15(16,17)8-6-11/h2-4,11H,5-9,18H2,1H3,(H,19,20). The van der Waals surface area contributed by atoms with E-state index in [2.05, 4.69) is 5.32 Å². The van der Waals surface area contributed by atoms with Gasteiger partial charge in [-0.25, -0.2) is 8.78 Å². The van der Waals surface area contributed by atoms with E-state index in [1.807, 2.05) is 25.1 Å². The van der Waals surface area contributed by atoms with Gasteiger partial charge in [0.15, 0.2) is 0 Å². The third-order valence-electron chi connectivity index (χ3n) is 4.03. The van der Waals surface area contributed by atoms with Crippen molar-refractivity contribution in [3.05, 3.63) is 29.3 Å². The predicted molar refractivity (Wildman–Crippen MR) is 74.3 cm³/mol. The second kappa shape index (κ2) is 5.77. The number of benzene rings is 1. The lowest BCUT2D eigenvalue weighted by atomic mass is 9.86. The van der Waals surface area contributed by atoms with Gasteiger partial charge in [0.25, 0.3) is 0 Å². The van der Waals surface area contributed by atoms with Crippen LogP contribution in [-0.4, -0.2) is 11.8 Å². The normalized spacial score (nSPS) is 18.8. The van der Waals surface area contributed by atoms with E-state index in [1.54, 1.807) is 0 Å². The van der Waals surface area contributed by atoms with E-state index in [-0.39, 0.29) is 37.5 Å². The molecule has 2 rings (SSSR count). The topological polar surface area (TPSA) is 55.1 Å². The molecular formula is C15H20F2N2O. The van der Waals surface area contributed by atoms with Crippen LogP contribution >= 0.6 is 0 Å². The molecule has 1 aliphatic rings. The number of carbonyl (C=O) groups excluding carboxylic acids is 1. The smallest absolute Gasteiger partial charge is 0.248 e. The van der Waals surface area contributed by atoms with Gasteiger partial charge in [-0.3, -0.25) is 4.79 Å². The van der Waals surface area contributed by atoms with E-state index >= 15 is 0 Å². The van der Waals surface area contributed by atoms with Gasteiger partial charge in [-0.05, 0) is 37.0 Å². The molecule has 110 valence electrons. The molecule has 1 amide bonds. The summed E-state index contributed by atoms with van der Waals surface area (Å²) in [6.45, 7) is 2.29. The van der Waals surface area contributed by atoms with E-state index in [0.29, 0.717) is 12.2 Å². The molecule has 0 aromatic heterocycles. The zero-order chi connectivity index (χ0) is 14.8. The van der Waals surface area contributed by atoms with Crippen molar-refractivity contribution < 1.29 is 13.6 Å². The molecule has 20 heavy (non-hydrogen) atoms. The first-order valence-electron chi connectivity index (χ1n) is 6.88. The van der Waals surface area contributed by atoms with Crippen molar-refractivity contribution in [3.63, 3.8) is 0 Å². The van der Waals surface area contributed by atoms with Crippen molar-refractivity contribution in [2.75, 3.05) is 5.73 Å². The van der Waals surface area contributed by atoms with Crippen molar-refractivity contribution in [2.24, 2.45) is 5.92 Å². The highest BCUT2D eigenvalue weighted by Crippen LogP contribution is 2.36. The molecule has 0 atom stereocenters. The second-order valence-corrected chi connectivity index (χ2v) is 5.48. The quantitative estimate of drug-likeness (QED) is 0.837. The van der Waals surface area contributed by atoms with Crippen LogP contribution < -0.4 is 11.1 Å². The Kier molecular flexibility index (Phi) is 4.26. The van der Waals surface area contributed by atoms with Gasteiger partial charge >= 0.3 is 0 Å². The molecule has 1 aromatic carbocycles. The van der Waals surface area contributed by atoms with Crippen LogP contribution in [0.4, 0.5) is 14.5 Å². The van der Waals surface area contributed by atoms with Crippen molar-refractivity contribution in [1.29, 1.82) is 0 Å². The average Bonchev–Trinajstić information content (AvgIpc) is 2.40. The maximum atomic E-state index is 13.0. The fourth-order valence-corrected chi connectivity index (χ4v) is 2.52. The molecule has 0 unspecified atom stereocenters. The lowest BCUT2D eigenvalue weighted by molar-refractivity contribution is -0.129. The summed E-state index contributed by atoms with van der Waals surface area (Å²) < 4.78 is 26.1. The van der Waals surface area contributed by atoms with Crippen molar-refractivity contribution in [3.8, 4) is 0 Å². The summed E-state index contributed by atoms with van der Waals surface area (Å²) in [6, 6.07) is 5.55. The number of halogens is 2. The zero-order valence-corrected chi connectivity index (χ0v) is 11.6. The summed E-state index contributed by atoms with van der Waals surface area (Å²) in [6.07, 6.45) is 0.133. The molecule has 0 bridgehead atoms. The fourth-order valence-electron chi connectivity index (χ4n) is 2.52. The van der Waals surface area contributed by atoms with Crippen molar-refractivity contribution in [2.45, 2.75) is 45.1 Å². The SMILES string of the molecule is Cc1c(N)cccc1CNC(=O)C1CCC(F)(F)CC1. The van der Waals surface area contributed by atoms with Gasteiger partial charge in [-0.15, -0.1) is 0 Å². The Morgan fingerprint density at radius 1 is 1.40 bits per heavy atom. The number of rotatable bonds is 3. The minimum atomic E-state index is -2.60. The maximum Gasteiger partial charge on any atom is 0.248 e. The van der Waals surface area contributed by atoms with Crippen LogP contribution in [0.2, 0.25) is 0 Å². The molecule has 3 nitrogen and oxygen atoms in total. The molecule has 0 aliphatic heterocycles. The fraction of sp³-hybridized carbons (Fsp3) is 0.533. The minimum Gasteiger partial charge on any atom is -0.399 e. The number of hydrogen-bond acceptors (Lipinski definition) is 2. The van der Waals surface area contributed by atoms with Gasteiger partial charge in [0.05, 0.1) is 0 Å². The zero-order valence-electron chi connectivity index (χ0n) is 11.6. The molecule has 0 saturated heterocycles. The molecule has 5 heteroatoms. The highest BCUT2D eigenvalue weighted by molar-refractivity contribution is 5.78. The van der Waals surface area contributed by atoms with Crippen LogP contribution in [0.25, 0.3) is 0 Å². The Hall–Kier alpha value is -1.65. The Morgan fingerprint density at radius 3 is 2.70 bits per heavy atom. The first kappa shape index (κ1) is 14.8. The van der Waals surface area contributed by atoms with Crippen LogP contribution in [0, 0.1) is 12.8 Å². The van der Waals surface area contributed by atoms with Gasteiger partial charge in [-0.2, -0.15) is 0 Å². The second-order valence-electron chi connectivity index (χ2n) is 5.48. The summed E-state index contributed by atoms with van der Waals surface area (Å²) in [5.41, 5.74) is 8.40.